The van der Waals surface area contributed by atoms with Gasteiger partial charge in [-0.15, -0.1) is 0 Å². The Morgan fingerprint density at radius 2 is 1.60 bits per heavy atom. The van der Waals surface area contributed by atoms with E-state index in [0.717, 1.165) is 70.0 Å². The van der Waals surface area contributed by atoms with E-state index in [1.165, 1.54) is 6.20 Å². The number of hydrogen-bond acceptors (Lipinski definition) is 8. The molecule has 0 radical (unpaired) electrons. The van der Waals surface area contributed by atoms with E-state index >= 15 is 0 Å². The van der Waals surface area contributed by atoms with Gasteiger partial charge in [0, 0.05) is 63.5 Å². The number of pyridine rings is 2. The molecule has 5 rings (SSSR count). The number of ether oxygens (including phenoxy) is 3. The average molecular weight is 580 g/mol. The number of morpholine rings is 2. The first-order valence-electron chi connectivity index (χ1n) is 13.5. The van der Waals surface area contributed by atoms with Crippen LogP contribution in [0.15, 0.2) is 42.6 Å². The highest BCUT2D eigenvalue weighted by Crippen LogP contribution is 2.34. The summed E-state index contributed by atoms with van der Waals surface area (Å²) in [5.74, 6) is 1.30. The monoisotopic (exact) mass is 579 g/mol. The van der Waals surface area contributed by atoms with E-state index < -0.39 is 11.7 Å². The van der Waals surface area contributed by atoms with Gasteiger partial charge in [-0.05, 0) is 36.8 Å². The lowest BCUT2D eigenvalue weighted by molar-refractivity contribution is -0.137. The molecule has 0 aliphatic carbocycles. The Morgan fingerprint density at radius 3 is 2.30 bits per heavy atom. The third kappa shape index (κ3) is 7.52. The summed E-state index contributed by atoms with van der Waals surface area (Å²) < 4.78 is 57.3. The van der Waals surface area contributed by atoms with Crippen molar-refractivity contribution in [1.29, 1.82) is 0 Å². The number of nitrogens with zero attached hydrogens (tertiary/aromatic N) is 5. The number of halogens is 4. The first kappa shape index (κ1) is 28.8. The van der Waals surface area contributed by atoms with E-state index in [9.17, 15) is 13.2 Å². The molecule has 0 N–H and O–H groups in total. The van der Waals surface area contributed by atoms with Gasteiger partial charge in [-0.1, -0.05) is 11.6 Å². The second-order valence-electron chi connectivity index (χ2n) is 9.81. The first-order chi connectivity index (χ1) is 19.4. The molecule has 2 aromatic heterocycles. The third-order valence-electron chi connectivity index (χ3n) is 7.07. The van der Waals surface area contributed by atoms with Crippen molar-refractivity contribution in [3.8, 4) is 5.75 Å². The quantitative estimate of drug-likeness (QED) is 0.337. The van der Waals surface area contributed by atoms with Crippen molar-refractivity contribution in [3.63, 3.8) is 0 Å². The van der Waals surface area contributed by atoms with Gasteiger partial charge in [-0.25, -0.2) is 9.97 Å². The molecule has 0 bridgehead atoms. The van der Waals surface area contributed by atoms with Crippen molar-refractivity contribution >= 4 is 34.1 Å². The lowest BCUT2D eigenvalue weighted by atomic mass is 10.2. The van der Waals surface area contributed by atoms with E-state index in [4.69, 9.17) is 30.8 Å². The van der Waals surface area contributed by atoms with Crippen LogP contribution >= 0.6 is 11.6 Å². The smallest absolute Gasteiger partial charge is 0.416 e. The van der Waals surface area contributed by atoms with Gasteiger partial charge in [-0.3, -0.25) is 9.80 Å². The van der Waals surface area contributed by atoms with Crippen LogP contribution in [0.2, 0.25) is 5.02 Å². The van der Waals surface area contributed by atoms with Gasteiger partial charge >= 0.3 is 6.18 Å². The summed E-state index contributed by atoms with van der Waals surface area (Å²) in [6.07, 6.45) is -2.58. The maximum absolute atomic E-state index is 13.5. The number of alkyl halides is 3. The number of hydrogen-bond donors (Lipinski definition) is 0. The molecule has 216 valence electrons. The normalized spacial score (nSPS) is 17.3. The molecular formula is C28H33ClF3N5O3. The van der Waals surface area contributed by atoms with E-state index in [2.05, 4.69) is 14.8 Å². The van der Waals surface area contributed by atoms with Gasteiger partial charge in [0.2, 0.25) is 0 Å². The Morgan fingerprint density at radius 1 is 0.900 bits per heavy atom. The predicted octanol–water partition coefficient (Wildman–Crippen LogP) is 4.87. The minimum absolute atomic E-state index is 0.183. The molecule has 12 heteroatoms. The fraction of sp³-hybridized carbons (Fsp3) is 0.500. The van der Waals surface area contributed by atoms with Gasteiger partial charge in [0.25, 0.3) is 0 Å². The molecule has 0 unspecified atom stereocenters. The number of anilines is 2. The fourth-order valence-electron chi connectivity index (χ4n) is 4.87. The molecule has 2 aliphatic rings. The van der Waals surface area contributed by atoms with Crippen molar-refractivity contribution in [3.05, 3.63) is 53.2 Å². The molecule has 2 aliphatic heterocycles. The maximum Gasteiger partial charge on any atom is 0.416 e. The summed E-state index contributed by atoms with van der Waals surface area (Å²) in [6.45, 7) is 8.81. The van der Waals surface area contributed by atoms with E-state index in [1.54, 1.807) is 17.0 Å². The van der Waals surface area contributed by atoms with Crippen LogP contribution in [-0.2, 0) is 15.7 Å². The Hall–Kier alpha value is -2.70. The molecule has 1 aromatic carbocycles. The standard InChI is InChI=1S/C28H33ClF3N5O3/c29-24-20-23(40-17-12-36-10-15-39-16-11-36)18-21-2-3-25(34-27(21)24)37(7-1-6-35-8-13-38-14-9-35)26-19-22(4-5-33-26)28(30,31)32/h2-5,18-20H,1,6-17H2. The third-order valence-corrected chi connectivity index (χ3v) is 7.36. The Kier molecular flexibility index (Phi) is 9.59. The molecule has 40 heavy (non-hydrogen) atoms. The molecule has 8 nitrogen and oxygen atoms in total. The number of benzene rings is 1. The van der Waals surface area contributed by atoms with Crippen LogP contribution in [0.4, 0.5) is 24.8 Å². The highest BCUT2D eigenvalue weighted by atomic mass is 35.5. The number of aromatic nitrogens is 2. The molecule has 3 aromatic rings. The number of rotatable bonds is 10. The first-order valence-corrected chi connectivity index (χ1v) is 13.9. The zero-order chi connectivity index (χ0) is 28.0. The van der Waals surface area contributed by atoms with Gasteiger partial charge in [0.05, 0.1) is 42.5 Å². The van der Waals surface area contributed by atoms with E-state index in [-0.39, 0.29) is 5.82 Å². The molecule has 4 heterocycles. The van der Waals surface area contributed by atoms with Gasteiger partial charge in [-0.2, -0.15) is 13.2 Å². The van der Waals surface area contributed by atoms with Crippen LogP contribution in [0, 0.1) is 0 Å². The Balaban J connectivity index is 1.35. The molecule has 0 spiro atoms. The summed E-state index contributed by atoms with van der Waals surface area (Å²) in [5.41, 5.74) is -0.210. The molecule has 0 atom stereocenters. The number of fused-ring (bicyclic) bond motifs is 1. The van der Waals surface area contributed by atoms with Crippen LogP contribution in [0.5, 0.6) is 5.75 Å². The van der Waals surface area contributed by atoms with Crippen molar-refractivity contribution in [2.24, 2.45) is 0 Å². The summed E-state index contributed by atoms with van der Waals surface area (Å²) in [6, 6.07) is 9.29. The maximum atomic E-state index is 13.5. The Bertz CT molecular complexity index is 1270. The van der Waals surface area contributed by atoms with Gasteiger partial charge in [0.1, 0.15) is 24.0 Å². The van der Waals surface area contributed by atoms with Crippen LogP contribution in [0.1, 0.15) is 12.0 Å². The topological polar surface area (TPSA) is 63.2 Å². The van der Waals surface area contributed by atoms with Crippen LogP contribution in [0.3, 0.4) is 0 Å². The van der Waals surface area contributed by atoms with Crippen molar-refractivity contribution in [2.75, 3.05) is 83.7 Å². The SMILES string of the molecule is FC(F)(F)c1ccnc(N(CCCN2CCOCC2)c2ccc3cc(OCCN4CCOCC4)cc(Cl)c3n2)c1. The van der Waals surface area contributed by atoms with Crippen LogP contribution in [-0.4, -0.2) is 98.6 Å². The minimum atomic E-state index is -4.48. The fourth-order valence-corrected chi connectivity index (χ4v) is 5.13. The lowest BCUT2D eigenvalue weighted by Crippen LogP contribution is -2.38. The minimum Gasteiger partial charge on any atom is -0.492 e. The van der Waals surface area contributed by atoms with Crippen molar-refractivity contribution < 1.29 is 27.4 Å². The van der Waals surface area contributed by atoms with Crippen LogP contribution in [0.25, 0.3) is 10.9 Å². The molecule has 0 saturated carbocycles. The van der Waals surface area contributed by atoms with Crippen LogP contribution < -0.4 is 9.64 Å². The highest BCUT2D eigenvalue weighted by molar-refractivity contribution is 6.35. The Labute approximate surface area is 236 Å². The second-order valence-corrected chi connectivity index (χ2v) is 10.2. The predicted molar refractivity (Wildman–Crippen MR) is 148 cm³/mol. The molecule has 2 saturated heterocycles. The summed E-state index contributed by atoms with van der Waals surface area (Å²) in [5, 5.41) is 1.19. The van der Waals surface area contributed by atoms with Gasteiger partial charge < -0.3 is 19.1 Å². The zero-order valence-electron chi connectivity index (χ0n) is 22.2. The van der Waals surface area contributed by atoms with E-state index in [0.29, 0.717) is 54.9 Å². The summed E-state index contributed by atoms with van der Waals surface area (Å²) >= 11 is 6.63. The highest BCUT2D eigenvalue weighted by Gasteiger charge is 2.31. The summed E-state index contributed by atoms with van der Waals surface area (Å²) in [7, 11) is 0. The zero-order valence-corrected chi connectivity index (χ0v) is 23.0. The average Bonchev–Trinajstić information content (AvgIpc) is 2.96. The largest absolute Gasteiger partial charge is 0.492 e. The molecule has 0 amide bonds. The lowest BCUT2D eigenvalue weighted by Gasteiger charge is -2.28. The molecule has 2 fully saturated rings. The van der Waals surface area contributed by atoms with Crippen molar-refractivity contribution in [1.82, 2.24) is 19.8 Å². The summed E-state index contributed by atoms with van der Waals surface area (Å²) in [4.78, 5) is 15.3. The second kappa shape index (κ2) is 13.3. The van der Waals surface area contributed by atoms with E-state index in [1.807, 2.05) is 12.1 Å². The van der Waals surface area contributed by atoms with Crippen molar-refractivity contribution in [2.45, 2.75) is 12.6 Å². The molecular weight excluding hydrogens is 547 g/mol. The van der Waals surface area contributed by atoms with Gasteiger partial charge in [0.15, 0.2) is 0 Å².